The number of amides is 1. The van der Waals surface area contributed by atoms with E-state index in [2.05, 4.69) is 20.4 Å². The van der Waals surface area contributed by atoms with Gasteiger partial charge < -0.3 is 11.1 Å². The first-order valence-electron chi connectivity index (χ1n) is 7.38. The molecule has 3 N–H and O–H groups in total. The Morgan fingerprint density at radius 3 is 2.64 bits per heavy atom. The lowest BCUT2D eigenvalue weighted by atomic mass is 10.1. The molecule has 1 aliphatic rings. The zero-order valence-electron chi connectivity index (χ0n) is 12.2. The summed E-state index contributed by atoms with van der Waals surface area (Å²) in [5.74, 6) is 0.00419. The molecule has 1 aromatic heterocycles. The van der Waals surface area contributed by atoms with Crippen LogP contribution in [0.5, 0.6) is 0 Å². The van der Waals surface area contributed by atoms with Gasteiger partial charge >= 0.3 is 0 Å². The summed E-state index contributed by atoms with van der Waals surface area (Å²) in [6, 6.07) is 9.47. The highest BCUT2D eigenvalue weighted by atomic mass is 32.1. The maximum Gasteiger partial charge on any atom is 0.235 e. The Balaban J connectivity index is 1.75. The minimum atomic E-state index is -0.300. The van der Waals surface area contributed by atoms with Gasteiger partial charge in [-0.05, 0) is 31.5 Å². The number of nitrogens with zero attached hydrogens (tertiary/aromatic N) is 3. The van der Waals surface area contributed by atoms with Crippen LogP contribution in [0.3, 0.4) is 0 Å². The van der Waals surface area contributed by atoms with Crippen molar-refractivity contribution in [2.45, 2.75) is 18.9 Å². The molecule has 3 rings (SSSR count). The van der Waals surface area contributed by atoms with Gasteiger partial charge in [-0.25, -0.2) is 0 Å². The molecule has 22 heavy (non-hydrogen) atoms. The molecule has 6 nitrogen and oxygen atoms in total. The predicted octanol–water partition coefficient (Wildman–Crippen LogP) is 1.42. The molecule has 1 aliphatic heterocycles. The lowest BCUT2D eigenvalue weighted by Crippen LogP contribution is -2.38. The molecule has 116 valence electrons. The molecule has 1 atom stereocenters. The summed E-state index contributed by atoms with van der Waals surface area (Å²) in [4.78, 5) is 14.5. The van der Waals surface area contributed by atoms with Gasteiger partial charge in [-0.2, -0.15) is 0 Å². The summed E-state index contributed by atoms with van der Waals surface area (Å²) in [5.41, 5.74) is 6.66. The standard InChI is InChI=1S/C15H19N5OS/c16-15-19-18-14(22-15)13(11-6-2-1-3-7-11)17-12(21)10-20-8-4-5-9-20/h1-3,6-7,13H,4-5,8-10H2,(H2,16,19)(H,17,21)/t13-/m0/s1. The van der Waals surface area contributed by atoms with Gasteiger partial charge in [0.15, 0.2) is 0 Å². The molecule has 7 heteroatoms. The molecule has 2 aromatic rings. The van der Waals surface area contributed by atoms with Crippen LogP contribution in [-0.4, -0.2) is 40.6 Å². The van der Waals surface area contributed by atoms with Gasteiger partial charge in [-0.1, -0.05) is 41.7 Å². The van der Waals surface area contributed by atoms with Crippen molar-refractivity contribution in [1.82, 2.24) is 20.4 Å². The van der Waals surface area contributed by atoms with Crippen molar-refractivity contribution in [3.8, 4) is 0 Å². The fourth-order valence-electron chi connectivity index (χ4n) is 2.65. The summed E-state index contributed by atoms with van der Waals surface area (Å²) >= 11 is 1.30. The van der Waals surface area contributed by atoms with E-state index in [-0.39, 0.29) is 11.9 Å². The highest BCUT2D eigenvalue weighted by Crippen LogP contribution is 2.25. The van der Waals surface area contributed by atoms with Gasteiger partial charge in [0.2, 0.25) is 11.0 Å². The second-order valence-electron chi connectivity index (χ2n) is 5.37. The molecule has 2 heterocycles. The van der Waals surface area contributed by atoms with Gasteiger partial charge in [0.05, 0.1) is 6.54 Å². The van der Waals surface area contributed by atoms with E-state index < -0.39 is 0 Å². The number of aromatic nitrogens is 2. The summed E-state index contributed by atoms with van der Waals surface area (Å²) in [5, 5.41) is 12.1. The molecule has 0 bridgehead atoms. The quantitative estimate of drug-likeness (QED) is 0.871. The Morgan fingerprint density at radius 2 is 2.00 bits per heavy atom. The van der Waals surface area contributed by atoms with E-state index in [1.165, 1.54) is 24.2 Å². The van der Waals surface area contributed by atoms with Crippen molar-refractivity contribution in [1.29, 1.82) is 0 Å². The Hall–Kier alpha value is -1.99. The van der Waals surface area contributed by atoms with Crippen molar-refractivity contribution in [2.24, 2.45) is 0 Å². The van der Waals surface area contributed by atoms with E-state index >= 15 is 0 Å². The molecule has 0 radical (unpaired) electrons. The molecular formula is C15H19N5OS. The van der Waals surface area contributed by atoms with Crippen LogP contribution < -0.4 is 11.1 Å². The van der Waals surface area contributed by atoms with Gasteiger partial charge in [-0.3, -0.25) is 9.69 Å². The zero-order chi connectivity index (χ0) is 15.4. The van der Waals surface area contributed by atoms with Crippen LogP contribution in [0.25, 0.3) is 0 Å². The number of carbonyl (C=O) groups is 1. The first-order chi connectivity index (χ1) is 10.7. The van der Waals surface area contributed by atoms with Crippen molar-refractivity contribution >= 4 is 22.4 Å². The average Bonchev–Trinajstić information content (AvgIpc) is 3.17. The molecule has 1 fully saturated rings. The van der Waals surface area contributed by atoms with E-state index in [1.807, 2.05) is 30.3 Å². The smallest absolute Gasteiger partial charge is 0.235 e. The minimum absolute atomic E-state index is 0.00419. The molecule has 0 saturated carbocycles. The number of nitrogen functional groups attached to an aromatic ring is 1. The summed E-state index contributed by atoms with van der Waals surface area (Å²) in [6.45, 7) is 2.42. The number of likely N-dealkylation sites (tertiary alicyclic amines) is 1. The Bertz CT molecular complexity index is 624. The third-order valence-electron chi connectivity index (χ3n) is 3.71. The number of nitrogens with two attached hydrogens (primary N) is 1. The Kier molecular flexibility index (Phi) is 4.65. The topological polar surface area (TPSA) is 84.1 Å². The fourth-order valence-corrected chi connectivity index (χ4v) is 3.34. The van der Waals surface area contributed by atoms with Gasteiger partial charge in [0.25, 0.3) is 0 Å². The van der Waals surface area contributed by atoms with Crippen LogP contribution >= 0.6 is 11.3 Å². The van der Waals surface area contributed by atoms with Crippen LogP contribution in [-0.2, 0) is 4.79 Å². The van der Waals surface area contributed by atoms with Crippen LogP contribution in [0, 0.1) is 0 Å². The zero-order valence-corrected chi connectivity index (χ0v) is 13.1. The van der Waals surface area contributed by atoms with E-state index in [0.29, 0.717) is 16.7 Å². The number of anilines is 1. The van der Waals surface area contributed by atoms with Gasteiger partial charge in [0.1, 0.15) is 11.0 Å². The van der Waals surface area contributed by atoms with Gasteiger partial charge in [0, 0.05) is 0 Å². The van der Waals surface area contributed by atoms with Crippen LogP contribution in [0.2, 0.25) is 0 Å². The molecule has 0 spiro atoms. The molecule has 0 aliphatic carbocycles. The van der Waals surface area contributed by atoms with E-state index in [1.54, 1.807) is 0 Å². The van der Waals surface area contributed by atoms with Crippen molar-refractivity contribution in [3.63, 3.8) is 0 Å². The number of benzene rings is 1. The molecule has 0 unspecified atom stereocenters. The SMILES string of the molecule is Nc1nnc([C@@H](NC(=O)CN2CCCC2)c2ccccc2)s1. The Morgan fingerprint density at radius 1 is 1.27 bits per heavy atom. The van der Waals surface area contributed by atoms with Gasteiger partial charge in [-0.15, -0.1) is 10.2 Å². The molecule has 1 saturated heterocycles. The number of hydrogen-bond donors (Lipinski definition) is 2. The van der Waals surface area contributed by atoms with Crippen LogP contribution in [0.15, 0.2) is 30.3 Å². The second kappa shape index (κ2) is 6.85. The summed E-state index contributed by atoms with van der Waals surface area (Å²) < 4.78 is 0. The number of hydrogen-bond acceptors (Lipinski definition) is 6. The Labute approximate surface area is 133 Å². The highest BCUT2D eigenvalue weighted by molar-refractivity contribution is 7.15. The van der Waals surface area contributed by atoms with Crippen molar-refractivity contribution in [2.75, 3.05) is 25.4 Å². The first kappa shape index (κ1) is 14.9. The summed E-state index contributed by atoms with van der Waals surface area (Å²) in [7, 11) is 0. The number of carbonyl (C=O) groups excluding carboxylic acids is 1. The monoisotopic (exact) mass is 317 g/mol. The van der Waals surface area contributed by atoms with Crippen LogP contribution in [0.1, 0.15) is 29.5 Å². The minimum Gasteiger partial charge on any atom is -0.374 e. The molecular weight excluding hydrogens is 298 g/mol. The lowest BCUT2D eigenvalue weighted by Gasteiger charge is -2.19. The predicted molar refractivity (Wildman–Crippen MR) is 86.4 cm³/mol. The summed E-state index contributed by atoms with van der Waals surface area (Å²) in [6.07, 6.45) is 2.34. The maximum absolute atomic E-state index is 12.3. The van der Waals surface area contributed by atoms with E-state index in [0.717, 1.165) is 18.7 Å². The van der Waals surface area contributed by atoms with E-state index in [9.17, 15) is 4.79 Å². The van der Waals surface area contributed by atoms with E-state index in [4.69, 9.17) is 5.73 Å². The number of nitrogens with one attached hydrogen (secondary N) is 1. The average molecular weight is 317 g/mol. The molecule has 1 aromatic carbocycles. The maximum atomic E-state index is 12.3. The van der Waals surface area contributed by atoms with Crippen molar-refractivity contribution < 1.29 is 4.79 Å². The lowest BCUT2D eigenvalue weighted by molar-refractivity contribution is -0.122. The highest BCUT2D eigenvalue weighted by Gasteiger charge is 2.22. The third-order valence-corrected chi connectivity index (χ3v) is 4.52. The van der Waals surface area contributed by atoms with Crippen molar-refractivity contribution in [3.05, 3.63) is 40.9 Å². The molecule has 1 amide bonds. The van der Waals surface area contributed by atoms with Crippen LogP contribution in [0.4, 0.5) is 5.13 Å². The first-order valence-corrected chi connectivity index (χ1v) is 8.19. The largest absolute Gasteiger partial charge is 0.374 e. The number of rotatable bonds is 5. The fraction of sp³-hybridized carbons (Fsp3) is 0.400. The second-order valence-corrected chi connectivity index (χ2v) is 6.41. The normalized spacial score (nSPS) is 16.5. The third kappa shape index (κ3) is 3.61.